The first-order chi connectivity index (χ1) is 10.3. The molecule has 22 heavy (non-hydrogen) atoms. The Morgan fingerprint density at radius 3 is 2.59 bits per heavy atom. The SMILES string of the molecule is CC1CCCN(S(=O)(=O)NC(C)C(O)c2ccc(Cl)cc2)C1. The Balaban J connectivity index is 2.03. The van der Waals surface area contributed by atoms with E-state index in [-0.39, 0.29) is 0 Å². The van der Waals surface area contributed by atoms with Gasteiger partial charge in [-0.15, -0.1) is 0 Å². The molecule has 0 amide bonds. The van der Waals surface area contributed by atoms with Crippen LogP contribution in [0.25, 0.3) is 0 Å². The summed E-state index contributed by atoms with van der Waals surface area (Å²) in [5, 5.41) is 10.9. The molecule has 0 radical (unpaired) electrons. The van der Waals surface area contributed by atoms with Crippen LogP contribution in [0.1, 0.15) is 38.4 Å². The highest BCUT2D eigenvalue weighted by Gasteiger charge is 2.30. The molecule has 3 atom stereocenters. The average molecular weight is 347 g/mol. The molecule has 2 rings (SSSR count). The third-order valence-corrected chi connectivity index (χ3v) is 5.91. The van der Waals surface area contributed by atoms with Crippen molar-refractivity contribution in [2.75, 3.05) is 13.1 Å². The van der Waals surface area contributed by atoms with Crippen LogP contribution in [0.2, 0.25) is 5.02 Å². The first-order valence-corrected chi connectivity index (χ1v) is 9.32. The van der Waals surface area contributed by atoms with Crippen molar-refractivity contribution in [2.24, 2.45) is 5.92 Å². The summed E-state index contributed by atoms with van der Waals surface area (Å²) in [4.78, 5) is 0. The summed E-state index contributed by atoms with van der Waals surface area (Å²) < 4.78 is 28.9. The van der Waals surface area contributed by atoms with E-state index in [4.69, 9.17) is 11.6 Å². The van der Waals surface area contributed by atoms with Crippen molar-refractivity contribution in [3.63, 3.8) is 0 Å². The van der Waals surface area contributed by atoms with E-state index < -0.39 is 22.4 Å². The van der Waals surface area contributed by atoms with Gasteiger partial charge in [-0.25, -0.2) is 0 Å². The maximum Gasteiger partial charge on any atom is 0.279 e. The average Bonchev–Trinajstić information content (AvgIpc) is 2.47. The van der Waals surface area contributed by atoms with E-state index in [0.29, 0.717) is 29.6 Å². The molecule has 3 unspecified atom stereocenters. The summed E-state index contributed by atoms with van der Waals surface area (Å²) in [6.07, 6.45) is 1.000. The number of piperidine rings is 1. The second-order valence-electron chi connectivity index (χ2n) is 6.01. The van der Waals surface area contributed by atoms with Gasteiger partial charge >= 0.3 is 0 Å². The standard InChI is InChI=1S/C15H23ClN2O3S/c1-11-4-3-9-18(10-11)22(20,21)17-12(2)15(19)13-5-7-14(16)8-6-13/h5-8,11-12,15,17,19H,3-4,9-10H2,1-2H3. The second-order valence-corrected chi connectivity index (χ2v) is 8.15. The van der Waals surface area contributed by atoms with Gasteiger partial charge < -0.3 is 5.11 Å². The molecule has 5 nitrogen and oxygen atoms in total. The smallest absolute Gasteiger partial charge is 0.279 e. The predicted octanol–water partition coefficient (Wildman–Crippen LogP) is 2.33. The Morgan fingerprint density at radius 2 is 2.00 bits per heavy atom. The lowest BCUT2D eigenvalue weighted by atomic mass is 10.0. The zero-order chi connectivity index (χ0) is 16.3. The maximum absolute atomic E-state index is 12.4. The van der Waals surface area contributed by atoms with Gasteiger partial charge in [0, 0.05) is 18.1 Å². The molecule has 124 valence electrons. The number of benzene rings is 1. The molecule has 1 aliphatic rings. The minimum Gasteiger partial charge on any atom is -0.387 e. The van der Waals surface area contributed by atoms with Crippen molar-refractivity contribution in [3.05, 3.63) is 34.9 Å². The Morgan fingerprint density at radius 1 is 1.36 bits per heavy atom. The molecule has 1 aromatic carbocycles. The van der Waals surface area contributed by atoms with Gasteiger partial charge in [-0.05, 0) is 43.4 Å². The van der Waals surface area contributed by atoms with Gasteiger partial charge in [0.15, 0.2) is 0 Å². The summed E-state index contributed by atoms with van der Waals surface area (Å²) in [6.45, 7) is 4.76. The molecular weight excluding hydrogens is 324 g/mol. The number of aliphatic hydroxyl groups excluding tert-OH is 1. The van der Waals surface area contributed by atoms with E-state index in [2.05, 4.69) is 4.72 Å². The highest BCUT2D eigenvalue weighted by atomic mass is 35.5. The molecule has 0 aromatic heterocycles. The van der Waals surface area contributed by atoms with Crippen LogP contribution in [0, 0.1) is 5.92 Å². The van der Waals surface area contributed by atoms with Crippen molar-refractivity contribution < 1.29 is 13.5 Å². The molecule has 1 aromatic rings. The molecular formula is C15H23ClN2O3S. The molecule has 0 bridgehead atoms. The Hall–Kier alpha value is -0.660. The van der Waals surface area contributed by atoms with Gasteiger partial charge in [-0.2, -0.15) is 17.4 Å². The van der Waals surface area contributed by atoms with Crippen molar-refractivity contribution in [1.82, 2.24) is 9.03 Å². The lowest BCUT2D eigenvalue weighted by Crippen LogP contribution is -2.49. The largest absolute Gasteiger partial charge is 0.387 e. The van der Waals surface area contributed by atoms with E-state index in [1.807, 2.05) is 6.92 Å². The van der Waals surface area contributed by atoms with Gasteiger partial charge in [-0.1, -0.05) is 30.7 Å². The topological polar surface area (TPSA) is 69.6 Å². The first-order valence-electron chi connectivity index (χ1n) is 7.50. The van der Waals surface area contributed by atoms with Crippen molar-refractivity contribution >= 4 is 21.8 Å². The van der Waals surface area contributed by atoms with Crippen LogP contribution < -0.4 is 4.72 Å². The van der Waals surface area contributed by atoms with Gasteiger partial charge in [0.2, 0.25) is 0 Å². The lowest BCUT2D eigenvalue weighted by Gasteiger charge is -2.32. The monoisotopic (exact) mass is 346 g/mol. The van der Waals surface area contributed by atoms with Crippen LogP contribution in [0.3, 0.4) is 0 Å². The minimum atomic E-state index is -3.58. The fourth-order valence-corrected chi connectivity index (χ4v) is 4.38. The van der Waals surface area contributed by atoms with E-state index in [9.17, 15) is 13.5 Å². The Bertz CT molecular complexity index is 591. The van der Waals surface area contributed by atoms with Gasteiger partial charge in [0.1, 0.15) is 0 Å². The number of hydrogen-bond acceptors (Lipinski definition) is 3. The number of aliphatic hydroxyl groups is 1. The molecule has 0 aliphatic carbocycles. The summed E-state index contributed by atoms with van der Waals surface area (Å²) >= 11 is 5.82. The van der Waals surface area contributed by atoms with Crippen molar-refractivity contribution in [1.29, 1.82) is 0 Å². The molecule has 0 saturated carbocycles. The van der Waals surface area contributed by atoms with E-state index >= 15 is 0 Å². The highest BCUT2D eigenvalue weighted by molar-refractivity contribution is 7.87. The van der Waals surface area contributed by atoms with Crippen LogP contribution in [0.4, 0.5) is 0 Å². The third-order valence-electron chi connectivity index (χ3n) is 3.98. The second kappa shape index (κ2) is 7.27. The van der Waals surface area contributed by atoms with E-state index in [1.54, 1.807) is 31.2 Å². The quantitative estimate of drug-likeness (QED) is 0.859. The number of halogens is 1. The van der Waals surface area contributed by atoms with E-state index in [0.717, 1.165) is 12.8 Å². The lowest BCUT2D eigenvalue weighted by molar-refractivity contribution is 0.144. The molecule has 1 saturated heterocycles. The minimum absolute atomic E-state index is 0.363. The summed E-state index contributed by atoms with van der Waals surface area (Å²) in [5.74, 6) is 0.363. The van der Waals surface area contributed by atoms with Crippen LogP contribution in [-0.2, 0) is 10.2 Å². The number of nitrogens with one attached hydrogen (secondary N) is 1. The Labute approximate surface area is 137 Å². The zero-order valence-corrected chi connectivity index (χ0v) is 14.4. The maximum atomic E-state index is 12.4. The number of hydrogen-bond donors (Lipinski definition) is 2. The van der Waals surface area contributed by atoms with E-state index in [1.165, 1.54) is 4.31 Å². The molecule has 2 N–H and O–H groups in total. The van der Waals surface area contributed by atoms with Crippen molar-refractivity contribution in [3.8, 4) is 0 Å². The normalized spacial score (nSPS) is 23.2. The Kier molecular flexibility index (Phi) is 5.85. The highest BCUT2D eigenvalue weighted by Crippen LogP contribution is 2.22. The number of rotatable bonds is 5. The summed E-state index contributed by atoms with van der Waals surface area (Å²) in [6, 6.07) is 6.12. The van der Waals surface area contributed by atoms with Gasteiger partial charge in [-0.3, -0.25) is 0 Å². The fraction of sp³-hybridized carbons (Fsp3) is 0.600. The van der Waals surface area contributed by atoms with Gasteiger partial charge in [0.25, 0.3) is 10.2 Å². The van der Waals surface area contributed by atoms with Crippen LogP contribution >= 0.6 is 11.6 Å². The predicted molar refractivity (Wildman–Crippen MR) is 87.9 cm³/mol. The molecule has 1 fully saturated rings. The molecule has 1 heterocycles. The summed E-state index contributed by atoms with van der Waals surface area (Å²) in [7, 11) is -3.58. The zero-order valence-electron chi connectivity index (χ0n) is 12.9. The molecule has 1 aliphatic heterocycles. The van der Waals surface area contributed by atoms with Crippen LogP contribution in [-0.4, -0.2) is 37.0 Å². The van der Waals surface area contributed by atoms with Gasteiger partial charge in [0.05, 0.1) is 12.1 Å². The van der Waals surface area contributed by atoms with Crippen LogP contribution in [0.5, 0.6) is 0 Å². The molecule has 7 heteroatoms. The number of nitrogens with zero attached hydrogens (tertiary/aromatic N) is 1. The fourth-order valence-electron chi connectivity index (χ4n) is 2.69. The molecule has 0 spiro atoms. The first kappa shape index (κ1) is 17.7. The third kappa shape index (κ3) is 4.43. The van der Waals surface area contributed by atoms with Crippen molar-refractivity contribution in [2.45, 2.75) is 38.8 Å². The van der Waals surface area contributed by atoms with Crippen LogP contribution in [0.15, 0.2) is 24.3 Å². The summed E-state index contributed by atoms with van der Waals surface area (Å²) in [5.41, 5.74) is 0.631.